The Labute approximate surface area is 199 Å². The maximum absolute atomic E-state index is 12.3. The van der Waals surface area contributed by atoms with Crippen LogP contribution in [0.25, 0.3) is 0 Å². The van der Waals surface area contributed by atoms with Gasteiger partial charge in [-0.15, -0.1) is 0 Å². The van der Waals surface area contributed by atoms with Crippen molar-refractivity contribution in [3.63, 3.8) is 0 Å². The van der Waals surface area contributed by atoms with Crippen molar-refractivity contribution in [3.05, 3.63) is 41.5 Å². The lowest BCUT2D eigenvalue weighted by Crippen LogP contribution is -2.34. The van der Waals surface area contributed by atoms with Crippen LogP contribution in [0.1, 0.15) is 43.2 Å². The smallest absolute Gasteiger partial charge is 0.200 e. The highest BCUT2D eigenvalue weighted by Crippen LogP contribution is 2.38. The molecule has 9 heteroatoms. The molecule has 34 heavy (non-hydrogen) atoms. The molecule has 9 nitrogen and oxygen atoms in total. The summed E-state index contributed by atoms with van der Waals surface area (Å²) in [6.07, 6.45) is 2.25. The standard InChI is InChI=1S/C25H34N2O7/c26-15-33-23-12-16(3-6-21(23)30)1-4-18(28)14-19(29)5-2-17-11-22(31)25(32)24(13-17)34-20-7-9-27-10-8-20/h3,6,11-13,19-20,27,29-32H,1-2,4-5,7-10,14-15,26H2. The average molecular weight is 475 g/mol. The molecule has 0 amide bonds. The predicted octanol–water partition coefficient (Wildman–Crippen LogP) is 2.11. The first kappa shape index (κ1) is 25.6. The molecule has 1 aliphatic rings. The third-order valence-corrected chi connectivity index (χ3v) is 5.88. The SMILES string of the molecule is NCOc1cc(CCC(=O)CC(O)CCc2cc(O)c(O)c(OC3CCNCC3)c2)ccc1O. The van der Waals surface area contributed by atoms with Gasteiger partial charge in [0.05, 0.1) is 6.10 Å². The number of ether oxygens (including phenoxy) is 2. The number of benzene rings is 2. The van der Waals surface area contributed by atoms with E-state index in [-0.39, 0.29) is 60.2 Å². The van der Waals surface area contributed by atoms with Gasteiger partial charge in [-0.1, -0.05) is 6.07 Å². The van der Waals surface area contributed by atoms with E-state index >= 15 is 0 Å². The first-order chi connectivity index (χ1) is 16.4. The molecule has 7 N–H and O–H groups in total. The van der Waals surface area contributed by atoms with E-state index in [0.29, 0.717) is 24.8 Å². The second-order valence-corrected chi connectivity index (χ2v) is 8.58. The Balaban J connectivity index is 1.48. The van der Waals surface area contributed by atoms with E-state index < -0.39 is 6.10 Å². The fourth-order valence-corrected chi connectivity index (χ4v) is 3.98. The number of hydrogen-bond donors (Lipinski definition) is 6. The number of phenols is 3. The molecule has 0 saturated carbocycles. The Bertz CT molecular complexity index is 961. The van der Waals surface area contributed by atoms with Crippen molar-refractivity contribution in [2.45, 2.75) is 57.2 Å². The van der Waals surface area contributed by atoms with E-state index in [1.54, 1.807) is 18.2 Å². The first-order valence-electron chi connectivity index (χ1n) is 11.6. The van der Waals surface area contributed by atoms with Crippen molar-refractivity contribution in [3.8, 4) is 28.7 Å². The second kappa shape index (κ2) is 12.5. The molecular formula is C25H34N2O7. The van der Waals surface area contributed by atoms with Crippen molar-refractivity contribution in [1.82, 2.24) is 5.32 Å². The maximum atomic E-state index is 12.3. The summed E-state index contributed by atoms with van der Waals surface area (Å²) in [5.41, 5.74) is 6.88. The number of rotatable bonds is 12. The Morgan fingerprint density at radius 3 is 2.50 bits per heavy atom. The predicted molar refractivity (Wildman–Crippen MR) is 126 cm³/mol. The van der Waals surface area contributed by atoms with Gasteiger partial charge in [-0.25, -0.2) is 0 Å². The molecule has 0 radical (unpaired) electrons. The van der Waals surface area contributed by atoms with E-state index in [2.05, 4.69) is 5.32 Å². The number of piperidine rings is 1. The minimum absolute atomic E-state index is 0.0134. The number of aryl methyl sites for hydroxylation is 2. The summed E-state index contributed by atoms with van der Waals surface area (Å²) in [7, 11) is 0. The zero-order chi connectivity index (χ0) is 24.5. The van der Waals surface area contributed by atoms with Gasteiger partial charge in [0.15, 0.2) is 23.0 Å². The highest BCUT2D eigenvalue weighted by atomic mass is 16.5. The summed E-state index contributed by atoms with van der Waals surface area (Å²) < 4.78 is 11.0. The minimum Gasteiger partial charge on any atom is -0.504 e. The molecule has 186 valence electrons. The molecular weight excluding hydrogens is 440 g/mol. The van der Waals surface area contributed by atoms with Gasteiger partial charge in [0.2, 0.25) is 5.75 Å². The lowest BCUT2D eigenvalue weighted by Gasteiger charge is -2.24. The number of carbonyl (C=O) groups excluding carboxylic acids is 1. The molecule has 0 bridgehead atoms. The lowest BCUT2D eigenvalue weighted by atomic mass is 9.99. The Morgan fingerprint density at radius 1 is 1.03 bits per heavy atom. The summed E-state index contributed by atoms with van der Waals surface area (Å²) in [6.45, 7) is 1.62. The Hall–Kier alpha value is -3.01. The number of ketones is 1. The van der Waals surface area contributed by atoms with Gasteiger partial charge in [0.25, 0.3) is 0 Å². The van der Waals surface area contributed by atoms with Gasteiger partial charge in [0.1, 0.15) is 18.6 Å². The highest BCUT2D eigenvalue weighted by Gasteiger charge is 2.19. The summed E-state index contributed by atoms with van der Waals surface area (Å²) in [6, 6.07) is 7.98. The van der Waals surface area contributed by atoms with Gasteiger partial charge < -0.3 is 35.2 Å². The van der Waals surface area contributed by atoms with E-state index in [0.717, 1.165) is 31.5 Å². The number of phenolic OH excluding ortho intramolecular Hbond substituents is 3. The Kier molecular flexibility index (Phi) is 9.38. The minimum atomic E-state index is -0.826. The third kappa shape index (κ3) is 7.51. The number of Topliss-reactive ketones (excluding diaryl/α,β-unsaturated/α-hetero) is 1. The van der Waals surface area contributed by atoms with Crippen molar-refractivity contribution in [2.75, 3.05) is 19.8 Å². The summed E-state index contributed by atoms with van der Waals surface area (Å²) in [5.74, 6) is -0.135. The molecule has 0 spiro atoms. The quantitative estimate of drug-likeness (QED) is 0.200. The monoisotopic (exact) mass is 474 g/mol. The molecule has 0 aliphatic carbocycles. The number of hydrogen-bond acceptors (Lipinski definition) is 9. The third-order valence-electron chi connectivity index (χ3n) is 5.88. The Morgan fingerprint density at radius 2 is 1.76 bits per heavy atom. The molecule has 2 aromatic rings. The fourth-order valence-electron chi connectivity index (χ4n) is 3.98. The molecule has 1 saturated heterocycles. The van der Waals surface area contributed by atoms with E-state index in [4.69, 9.17) is 15.2 Å². The van der Waals surface area contributed by atoms with Crippen LogP contribution in [0.15, 0.2) is 30.3 Å². The first-order valence-corrected chi connectivity index (χ1v) is 11.6. The van der Waals surface area contributed by atoms with E-state index in [1.807, 2.05) is 0 Å². The zero-order valence-electron chi connectivity index (χ0n) is 19.2. The van der Waals surface area contributed by atoms with Crippen LogP contribution >= 0.6 is 0 Å². The van der Waals surface area contributed by atoms with Gasteiger partial charge in [-0.2, -0.15) is 0 Å². The van der Waals surface area contributed by atoms with Gasteiger partial charge in [-0.05, 0) is 80.6 Å². The van der Waals surface area contributed by atoms with Crippen molar-refractivity contribution in [2.24, 2.45) is 5.73 Å². The van der Waals surface area contributed by atoms with Crippen LogP contribution in [0.2, 0.25) is 0 Å². The molecule has 1 atom stereocenters. The van der Waals surface area contributed by atoms with Crippen LogP contribution < -0.4 is 20.5 Å². The van der Waals surface area contributed by atoms with Crippen LogP contribution in [-0.2, 0) is 17.6 Å². The van der Waals surface area contributed by atoms with Crippen molar-refractivity contribution in [1.29, 1.82) is 0 Å². The molecule has 3 rings (SSSR count). The number of nitrogens with two attached hydrogens (primary N) is 1. The summed E-state index contributed by atoms with van der Waals surface area (Å²) in [4.78, 5) is 12.3. The normalized spacial score (nSPS) is 15.1. The number of carbonyl (C=O) groups is 1. The van der Waals surface area contributed by atoms with E-state index in [1.165, 1.54) is 12.1 Å². The number of aliphatic hydroxyl groups is 1. The van der Waals surface area contributed by atoms with Crippen molar-refractivity contribution >= 4 is 5.78 Å². The summed E-state index contributed by atoms with van der Waals surface area (Å²) in [5, 5.41) is 43.5. The number of nitrogens with one attached hydrogen (secondary N) is 1. The fraction of sp³-hybridized carbons (Fsp3) is 0.480. The number of aliphatic hydroxyl groups excluding tert-OH is 1. The largest absolute Gasteiger partial charge is 0.504 e. The van der Waals surface area contributed by atoms with Crippen LogP contribution in [0, 0.1) is 0 Å². The second-order valence-electron chi connectivity index (χ2n) is 8.58. The lowest BCUT2D eigenvalue weighted by molar-refractivity contribution is -0.121. The average Bonchev–Trinajstić information content (AvgIpc) is 2.82. The van der Waals surface area contributed by atoms with Crippen LogP contribution in [0.3, 0.4) is 0 Å². The van der Waals surface area contributed by atoms with Crippen LogP contribution in [-0.4, -0.2) is 58.2 Å². The maximum Gasteiger partial charge on any atom is 0.200 e. The van der Waals surface area contributed by atoms with Gasteiger partial charge in [-0.3, -0.25) is 10.5 Å². The molecule has 1 fully saturated rings. The van der Waals surface area contributed by atoms with E-state index in [9.17, 15) is 25.2 Å². The van der Waals surface area contributed by atoms with Crippen LogP contribution in [0.4, 0.5) is 0 Å². The highest BCUT2D eigenvalue weighted by molar-refractivity contribution is 5.79. The van der Waals surface area contributed by atoms with Gasteiger partial charge >= 0.3 is 0 Å². The zero-order valence-corrected chi connectivity index (χ0v) is 19.2. The summed E-state index contributed by atoms with van der Waals surface area (Å²) >= 11 is 0. The molecule has 2 aromatic carbocycles. The molecule has 0 aromatic heterocycles. The topological polar surface area (TPSA) is 154 Å². The molecule has 1 aliphatic heterocycles. The van der Waals surface area contributed by atoms with Crippen molar-refractivity contribution < 1.29 is 34.7 Å². The van der Waals surface area contributed by atoms with Crippen LogP contribution in [0.5, 0.6) is 28.7 Å². The van der Waals surface area contributed by atoms with Gasteiger partial charge in [0, 0.05) is 12.8 Å². The number of aromatic hydroxyl groups is 3. The molecule has 1 heterocycles. The molecule has 1 unspecified atom stereocenters.